The van der Waals surface area contributed by atoms with Gasteiger partial charge in [-0.15, -0.1) is 11.8 Å². The van der Waals surface area contributed by atoms with E-state index < -0.39 is 22.7 Å². The lowest BCUT2D eigenvalue weighted by Gasteiger charge is -2.47. The molecule has 2 saturated heterocycles. The molecular formula is C30H30N2O4S. The Kier molecular flexibility index (Phi) is 7.07. The number of likely N-dealkylation sites (tertiary alicyclic amines) is 1. The lowest BCUT2D eigenvalue weighted by Crippen LogP contribution is -2.65. The molecule has 4 unspecified atom stereocenters. The first-order valence-electron chi connectivity index (χ1n) is 12.5. The summed E-state index contributed by atoms with van der Waals surface area (Å²) in [7, 11) is 1.72. The Balaban J connectivity index is 1.60. The molecular weight excluding hydrogens is 484 g/mol. The number of nitrogens with one attached hydrogen (secondary N) is 1. The summed E-state index contributed by atoms with van der Waals surface area (Å²) >= 11 is 1.64. The van der Waals surface area contributed by atoms with Gasteiger partial charge in [0.15, 0.2) is 0 Å². The molecule has 3 aromatic carbocycles. The van der Waals surface area contributed by atoms with Crippen molar-refractivity contribution in [3.8, 4) is 0 Å². The lowest BCUT2D eigenvalue weighted by molar-refractivity contribution is -0.161. The predicted octanol–water partition coefficient (Wildman–Crippen LogP) is 4.34. The molecule has 4 atom stereocenters. The van der Waals surface area contributed by atoms with Gasteiger partial charge in [-0.1, -0.05) is 91.0 Å². The van der Waals surface area contributed by atoms with E-state index in [1.165, 1.54) is 6.92 Å². The van der Waals surface area contributed by atoms with Crippen LogP contribution in [-0.4, -0.2) is 47.3 Å². The standard InChI is InChI=1S/C30H30N2O4S/c1-20(33)36-27(24-18-19-25(34)32(24)2)26-28(35)31-29(26)37-30(21-12-6-3-7-13-21,22-14-8-4-9-15-22)23-16-10-5-11-17-23/h3-17,24,26-27,29H,18-19H2,1-2H3,(H,31,35). The summed E-state index contributed by atoms with van der Waals surface area (Å²) in [6.45, 7) is 1.35. The number of amides is 2. The molecule has 5 rings (SSSR count). The Morgan fingerprint density at radius 3 is 1.78 bits per heavy atom. The van der Waals surface area contributed by atoms with Crippen LogP contribution in [0.25, 0.3) is 0 Å². The second-order valence-corrected chi connectivity index (χ2v) is 10.9. The number of hydrogen-bond donors (Lipinski definition) is 1. The monoisotopic (exact) mass is 514 g/mol. The van der Waals surface area contributed by atoms with Gasteiger partial charge in [0.05, 0.1) is 16.2 Å². The molecule has 0 bridgehead atoms. The van der Waals surface area contributed by atoms with Crippen LogP contribution < -0.4 is 5.32 Å². The van der Waals surface area contributed by atoms with Gasteiger partial charge in [-0.3, -0.25) is 14.4 Å². The van der Waals surface area contributed by atoms with Crippen LogP contribution in [0.1, 0.15) is 36.5 Å². The highest BCUT2D eigenvalue weighted by Crippen LogP contribution is 2.53. The van der Waals surface area contributed by atoms with Gasteiger partial charge >= 0.3 is 5.97 Å². The van der Waals surface area contributed by atoms with Crippen molar-refractivity contribution >= 4 is 29.5 Å². The van der Waals surface area contributed by atoms with Crippen molar-refractivity contribution < 1.29 is 19.1 Å². The number of rotatable bonds is 8. The van der Waals surface area contributed by atoms with Gasteiger partial charge in [0.1, 0.15) is 12.0 Å². The normalized spacial score (nSPS) is 22.2. The fraction of sp³-hybridized carbons (Fsp3) is 0.300. The van der Waals surface area contributed by atoms with E-state index in [-0.39, 0.29) is 23.2 Å². The molecule has 37 heavy (non-hydrogen) atoms. The molecule has 7 heteroatoms. The second kappa shape index (κ2) is 10.4. The third-order valence-corrected chi connectivity index (χ3v) is 9.06. The lowest BCUT2D eigenvalue weighted by atomic mass is 9.84. The predicted molar refractivity (Wildman–Crippen MR) is 144 cm³/mol. The molecule has 0 radical (unpaired) electrons. The highest BCUT2D eigenvalue weighted by atomic mass is 32.2. The second-order valence-electron chi connectivity index (χ2n) is 9.54. The van der Waals surface area contributed by atoms with E-state index in [9.17, 15) is 14.4 Å². The summed E-state index contributed by atoms with van der Waals surface area (Å²) in [4.78, 5) is 39.2. The Morgan fingerprint density at radius 1 is 0.919 bits per heavy atom. The van der Waals surface area contributed by atoms with Crippen LogP contribution in [0.3, 0.4) is 0 Å². The van der Waals surface area contributed by atoms with E-state index in [0.29, 0.717) is 12.8 Å². The van der Waals surface area contributed by atoms with Crippen LogP contribution in [0.2, 0.25) is 0 Å². The minimum atomic E-state index is -0.722. The van der Waals surface area contributed by atoms with Gasteiger partial charge in [0.2, 0.25) is 11.8 Å². The minimum absolute atomic E-state index is 0.00158. The van der Waals surface area contributed by atoms with Crippen LogP contribution in [0, 0.1) is 5.92 Å². The molecule has 0 aromatic heterocycles. The molecule has 2 aliphatic heterocycles. The number of likely N-dealkylation sites (N-methyl/N-ethyl adjacent to an activating group) is 1. The van der Waals surface area contributed by atoms with Crippen molar-refractivity contribution in [2.75, 3.05) is 7.05 Å². The molecule has 0 spiro atoms. The van der Waals surface area contributed by atoms with E-state index in [1.54, 1.807) is 23.7 Å². The van der Waals surface area contributed by atoms with Crippen molar-refractivity contribution in [1.29, 1.82) is 0 Å². The van der Waals surface area contributed by atoms with Gasteiger partial charge in [-0.2, -0.15) is 0 Å². The first-order chi connectivity index (χ1) is 17.9. The molecule has 2 fully saturated rings. The van der Waals surface area contributed by atoms with E-state index in [0.717, 1.165) is 16.7 Å². The van der Waals surface area contributed by atoms with Crippen molar-refractivity contribution in [2.24, 2.45) is 5.92 Å². The zero-order valence-corrected chi connectivity index (χ0v) is 21.7. The average molecular weight is 515 g/mol. The summed E-state index contributed by atoms with van der Waals surface area (Å²) in [5.41, 5.74) is 3.23. The maximum absolute atomic E-state index is 13.1. The summed E-state index contributed by atoms with van der Waals surface area (Å²) in [5, 5.41) is 2.74. The molecule has 0 saturated carbocycles. The number of carbonyl (C=O) groups is 3. The molecule has 190 valence electrons. The van der Waals surface area contributed by atoms with Crippen molar-refractivity contribution in [1.82, 2.24) is 10.2 Å². The summed E-state index contributed by atoms with van der Waals surface area (Å²) < 4.78 is 5.14. The van der Waals surface area contributed by atoms with Gasteiger partial charge in [0.25, 0.3) is 0 Å². The maximum Gasteiger partial charge on any atom is 0.303 e. The first-order valence-corrected chi connectivity index (χ1v) is 13.4. The fourth-order valence-corrected chi connectivity index (χ4v) is 7.30. The van der Waals surface area contributed by atoms with Crippen molar-refractivity contribution in [2.45, 2.75) is 42.0 Å². The van der Waals surface area contributed by atoms with Gasteiger partial charge in [-0.25, -0.2) is 0 Å². The van der Waals surface area contributed by atoms with E-state index in [1.807, 2.05) is 54.6 Å². The van der Waals surface area contributed by atoms with E-state index in [4.69, 9.17) is 4.74 Å². The third-order valence-electron chi connectivity index (χ3n) is 7.34. The van der Waals surface area contributed by atoms with Crippen molar-refractivity contribution in [3.05, 3.63) is 108 Å². The van der Waals surface area contributed by atoms with Crippen molar-refractivity contribution in [3.63, 3.8) is 0 Å². The van der Waals surface area contributed by atoms with Crippen LogP contribution in [-0.2, 0) is 23.9 Å². The van der Waals surface area contributed by atoms with Crippen LogP contribution >= 0.6 is 11.8 Å². The van der Waals surface area contributed by atoms with Gasteiger partial charge < -0.3 is 15.0 Å². The number of ether oxygens (including phenoxy) is 1. The SMILES string of the molecule is CC(=O)OC(C1C(=O)NC1SC(c1ccccc1)(c1ccccc1)c1ccccc1)C1CCC(=O)N1C. The number of nitrogens with zero attached hydrogens (tertiary/aromatic N) is 1. The van der Waals surface area contributed by atoms with Gasteiger partial charge in [0, 0.05) is 20.4 Å². The number of benzene rings is 3. The number of β-lactam (4-membered cyclic amide) rings is 1. The van der Waals surface area contributed by atoms with E-state index in [2.05, 4.69) is 41.7 Å². The van der Waals surface area contributed by atoms with Gasteiger partial charge in [-0.05, 0) is 23.1 Å². The average Bonchev–Trinajstić information content (AvgIpc) is 3.25. The Morgan fingerprint density at radius 2 is 1.41 bits per heavy atom. The maximum atomic E-state index is 13.1. The van der Waals surface area contributed by atoms with Crippen LogP contribution in [0.4, 0.5) is 0 Å². The molecule has 2 heterocycles. The fourth-order valence-electron chi connectivity index (χ4n) is 5.50. The number of esters is 1. The number of carbonyl (C=O) groups excluding carboxylic acids is 3. The molecule has 2 amide bonds. The highest BCUT2D eigenvalue weighted by molar-refractivity contribution is 8.01. The smallest absolute Gasteiger partial charge is 0.303 e. The molecule has 1 N–H and O–H groups in total. The Hall–Kier alpha value is -3.58. The summed E-state index contributed by atoms with van der Waals surface area (Å²) in [5.74, 6) is -1.22. The largest absolute Gasteiger partial charge is 0.459 e. The minimum Gasteiger partial charge on any atom is -0.459 e. The molecule has 3 aromatic rings. The topological polar surface area (TPSA) is 75.7 Å². The van der Waals surface area contributed by atoms with Crippen LogP contribution in [0.5, 0.6) is 0 Å². The molecule has 6 nitrogen and oxygen atoms in total. The first kappa shape index (κ1) is 25.1. The molecule has 2 aliphatic rings. The zero-order valence-electron chi connectivity index (χ0n) is 20.9. The Labute approximate surface area is 221 Å². The molecule has 0 aliphatic carbocycles. The number of thioether (sulfide) groups is 1. The quantitative estimate of drug-likeness (QED) is 0.275. The highest BCUT2D eigenvalue weighted by Gasteiger charge is 2.55. The Bertz CT molecular complexity index is 1170. The van der Waals surface area contributed by atoms with E-state index >= 15 is 0 Å². The number of hydrogen-bond acceptors (Lipinski definition) is 5. The third kappa shape index (κ3) is 4.64. The van der Waals surface area contributed by atoms with Crippen LogP contribution in [0.15, 0.2) is 91.0 Å². The summed E-state index contributed by atoms with van der Waals surface area (Å²) in [6.07, 6.45) is 0.211. The summed E-state index contributed by atoms with van der Waals surface area (Å²) in [6, 6.07) is 30.4. The zero-order chi connectivity index (χ0) is 26.0.